The fourth-order valence-electron chi connectivity index (χ4n) is 2.74. The number of benzene rings is 3. The number of ether oxygens (including phenoxy) is 1. The minimum Gasteiger partial charge on any atom is -0.495 e. The molecule has 0 fully saturated rings. The number of hydrogen-bond acceptors (Lipinski definition) is 5. The highest BCUT2D eigenvalue weighted by Crippen LogP contribution is 2.31. The lowest BCUT2D eigenvalue weighted by atomic mass is 10.1. The van der Waals surface area contributed by atoms with Gasteiger partial charge in [0.05, 0.1) is 16.9 Å². The maximum atomic E-state index is 12.7. The van der Waals surface area contributed by atoms with Crippen molar-refractivity contribution < 1.29 is 26.1 Å². The van der Waals surface area contributed by atoms with E-state index in [4.69, 9.17) is 4.74 Å². The maximum absolute atomic E-state index is 12.7. The van der Waals surface area contributed by atoms with Crippen LogP contribution >= 0.6 is 0 Å². The quantitative estimate of drug-likeness (QED) is 0.634. The van der Waals surface area contributed by atoms with Gasteiger partial charge in [-0.1, -0.05) is 35.9 Å². The van der Waals surface area contributed by atoms with E-state index in [1.54, 1.807) is 42.5 Å². The molecule has 28 heavy (non-hydrogen) atoms. The molecule has 0 saturated heterocycles. The first kappa shape index (κ1) is 20.1. The maximum Gasteiger partial charge on any atom is 0.298 e. The molecule has 3 aromatic carbocycles. The van der Waals surface area contributed by atoms with Gasteiger partial charge in [0.15, 0.2) is 0 Å². The fraction of sp³-hybridized carbons (Fsp3) is 0.100. The zero-order valence-electron chi connectivity index (χ0n) is 15.2. The summed E-state index contributed by atoms with van der Waals surface area (Å²) >= 11 is 0. The molecular formula is C20H18O6S2. The molecule has 3 aromatic rings. The first-order valence-corrected chi connectivity index (χ1v) is 11.1. The van der Waals surface area contributed by atoms with Crippen LogP contribution in [0.15, 0.2) is 81.4 Å². The summed E-state index contributed by atoms with van der Waals surface area (Å²) < 4.78 is 62.9. The second-order valence-corrected chi connectivity index (χ2v) is 9.52. The Bertz CT molecular complexity index is 1210. The Morgan fingerprint density at radius 3 is 1.75 bits per heavy atom. The first-order chi connectivity index (χ1) is 13.1. The van der Waals surface area contributed by atoms with Gasteiger partial charge in [-0.25, -0.2) is 8.42 Å². The van der Waals surface area contributed by atoms with Crippen LogP contribution in [0, 0.1) is 6.92 Å². The average molecular weight is 418 g/mol. The molecule has 0 amide bonds. The molecule has 1 N–H and O–H groups in total. The summed E-state index contributed by atoms with van der Waals surface area (Å²) in [6.45, 7) is 1.88. The van der Waals surface area contributed by atoms with E-state index in [1.807, 2.05) is 6.92 Å². The number of aryl methyl sites for hydroxylation is 1. The van der Waals surface area contributed by atoms with E-state index < -0.39 is 20.0 Å². The zero-order chi connectivity index (χ0) is 20.5. The molecule has 6 nitrogen and oxygen atoms in total. The highest BCUT2D eigenvalue weighted by molar-refractivity contribution is 7.91. The smallest absolute Gasteiger partial charge is 0.298 e. The Balaban J connectivity index is 2.00. The van der Waals surface area contributed by atoms with E-state index >= 15 is 0 Å². The second-order valence-electron chi connectivity index (χ2n) is 6.18. The van der Waals surface area contributed by atoms with Crippen LogP contribution in [-0.2, 0) is 20.0 Å². The second kappa shape index (κ2) is 7.38. The summed E-state index contributed by atoms with van der Waals surface area (Å²) in [5, 5.41) is 0. The van der Waals surface area contributed by atoms with Gasteiger partial charge in [-0.3, -0.25) is 4.55 Å². The van der Waals surface area contributed by atoms with E-state index in [0.29, 0.717) is 11.1 Å². The summed E-state index contributed by atoms with van der Waals surface area (Å²) in [5.74, 6) is 0.0184. The van der Waals surface area contributed by atoms with Gasteiger partial charge in [-0.2, -0.15) is 8.42 Å². The van der Waals surface area contributed by atoms with Crippen LogP contribution in [-0.4, -0.2) is 28.5 Å². The van der Waals surface area contributed by atoms with E-state index in [-0.39, 0.29) is 20.4 Å². The molecule has 0 saturated carbocycles. The van der Waals surface area contributed by atoms with Crippen LogP contribution in [0.2, 0.25) is 0 Å². The third-order valence-corrected chi connectivity index (χ3v) is 6.93. The van der Waals surface area contributed by atoms with Crippen molar-refractivity contribution in [2.45, 2.75) is 21.6 Å². The Morgan fingerprint density at radius 2 is 1.25 bits per heavy atom. The van der Waals surface area contributed by atoms with Crippen molar-refractivity contribution in [3.05, 3.63) is 72.3 Å². The van der Waals surface area contributed by atoms with Crippen molar-refractivity contribution in [2.75, 3.05) is 7.11 Å². The number of methoxy groups -OCH3 is 1. The molecule has 0 heterocycles. The van der Waals surface area contributed by atoms with Gasteiger partial charge in [0, 0.05) is 0 Å². The number of rotatable bonds is 5. The summed E-state index contributed by atoms with van der Waals surface area (Å²) in [4.78, 5) is -0.0311. The highest BCUT2D eigenvalue weighted by Gasteiger charge is 2.19. The summed E-state index contributed by atoms with van der Waals surface area (Å²) in [6, 6.07) is 17.0. The van der Waals surface area contributed by atoms with Crippen molar-refractivity contribution in [1.82, 2.24) is 0 Å². The van der Waals surface area contributed by atoms with Crippen LogP contribution in [0.5, 0.6) is 5.75 Å². The van der Waals surface area contributed by atoms with Crippen molar-refractivity contribution in [3.63, 3.8) is 0 Å². The minimum absolute atomic E-state index is 0.0184. The van der Waals surface area contributed by atoms with Crippen molar-refractivity contribution >= 4 is 20.0 Å². The molecule has 0 aliphatic heterocycles. The van der Waals surface area contributed by atoms with E-state index in [1.165, 1.54) is 31.4 Å². The third-order valence-electron chi connectivity index (χ3n) is 4.27. The molecule has 0 unspecified atom stereocenters. The lowest BCUT2D eigenvalue weighted by Gasteiger charge is -2.10. The molecular weight excluding hydrogens is 400 g/mol. The Morgan fingerprint density at radius 1 is 0.750 bits per heavy atom. The van der Waals surface area contributed by atoms with Crippen LogP contribution < -0.4 is 4.74 Å². The molecule has 0 aliphatic carbocycles. The summed E-state index contributed by atoms with van der Waals surface area (Å²) in [7, 11) is -6.82. The Hall–Kier alpha value is -2.68. The molecule has 146 valence electrons. The van der Waals surface area contributed by atoms with Gasteiger partial charge in [0.25, 0.3) is 10.1 Å². The van der Waals surface area contributed by atoms with Crippen LogP contribution in [0.25, 0.3) is 11.1 Å². The topological polar surface area (TPSA) is 97.7 Å². The van der Waals surface area contributed by atoms with Gasteiger partial charge < -0.3 is 4.74 Å². The number of hydrogen-bond donors (Lipinski definition) is 1. The predicted octanol–water partition coefficient (Wildman–Crippen LogP) is 3.75. The normalized spacial score (nSPS) is 12.0. The Kier molecular flexibility index (Phi) is 5.29. The van der Waals surface area contributed by atoms with Gasteiger partial charge in [0.2, 0.25) is 9.84 Å². The fourth-order valence-corrected chi connectivity index (χ4v) is 4.68. The molecule has 3 rings (SSSR count). The molecule has 0 radical (unpaired) electrons. The van der Waals surface area contributed by atoms with Crippen molar-refractivity contribution in [3.8, 4) is 16.9 Å². The summed E-state index contributed by atoms with van der Waals surface area (Å²) in [5.41, 5.74) is 2.05. The lowest BCUT2D eigenvalue weighted by molar-refractivity contribution is 0.397. The molecule has 0 aromatic heterocycles. The van der Waals surface area contributed by atoms with Gasteiger partial charge in [-0.05, 0) is 54.4 Å². The zero-order valence-corrected chi connectivity index (χ0v) is 16.8. The molecule has 8 heteroatoms. The molecule has 0 atom stereocenters. The predicted molar refractivity (Wildman–Crippen MR) is 105 cm³/mol. The standard InChI is InChI=1S/C20H18O6S2/c1-14-3-8-17(9-4-14)27(21,22)18-10-5-15(6-11-18)16-7-12-19(26-2)20(13-16)28(23,24)25/h3-13H,1-2H3,(H,23,24,25). The van der Waals surface area contributed by atoms with E-state index in [2.05, 4.69) is 0 Å². The monoisotopic (exact) mass is 418 g/mol. The average Bonchev–Trinajstić information content (AvgIpc) is 2.67. The summed E-state index contributed by atoms with van der Waals surface area (Å²) in [6.07, 6.45) is 0. The highest BCUT2D eigenvalue weighted by atomic mass is 32.2. The lowest BCUT2D eigenvalue weighted by Crippen LogP contribution is -2.02. The minimum atomic E-state index is -4.47. The largest absolute Gasteiger partial charge is 0.495 e. The molecule has 0 bridgehead atoms. The van der Waals surface area contributed by atoms with E-state index in [0.717, 1.165) is 5.56 Å². The number of sulfone groups is 1. The van der Waals surface area contributed by atoms with E-state index in [9.17, 15) is 21.4 Å². The van der Waals surface area contributed by atoms with Crippen LogP contribution in [0.1, 0.15) is 5.56 Å². The van der Waals surface area contributed by atoms with Crippen molar-refractivity contribution in [1.29, 1.82) is 0 Å². The van der Waals surface area contributed by atoms with Crippen molar-refractivity contribution in [2.24, 2.45) is 0 Å². The van der Waals surface area contributed by atoms with Gasteiger partial charge in [0.1, 0.15) is 10.6 Å². The van der Waals surface area contributed by atoms with Crippen LogP contribution in [0.4, 0.5) is 0 Å². The third kappa shape index (κ3) is 3.94. The Labute approximate surface area is 164 Å². The van der Waals surface area contributed by atoms with Crippen LogP contribution in [0.3, 0.4) is 0 Å². The first-order valence-electron chi connectivity index (χ1n) is 8.20. The van der Waals surface area contributed by atoms with Gasteiger partial charge >= 0.3 is 0 Å². The molecule has 0 spiro atoms. The molecule has 0 aliphatic rings. The van der Waals surface area contributed by atoms with Gasteiger partial charge in [-0.15, -0.1) is 0 Å². The SMILES string of the molecule is COc1ccc(-c2ccc(S(=O)(=O)c3ccc(C)cc3)cc2)cc1S(=O)(=O)O.